The summed E-state index contributed by atoms with van der Waals surface area (Å²) in [6.07, 6.45) is 3.05. The molecule has 1 heterocycles. The lowest BCUT2D eigenvalue weighted by atomic mass is 10.0. The van der Waals surface area contributed by atoms with Crippen LogP contribution in [0.2, 0.25) is 0 Å². The minimum Gasteiger partial charge on any atom is -0.444 e. The van der Waals surface area contributed by atoms with Crippen molar-refractivity contribution < 1.29 is 9.53 Å². The van der Waals surface area contributed by atoms with Crippen LogP contribution in [0, 0.1) is 0 Å². The monoisotopic (exact) mass is 256 g/mol. The second kappa shape index (κ2) is 6.41. The molecule has 1 N–H and O–H groups in total. The number of likely N-dealkylation sites (tertiary alicyclic amines) is 1. The molecule has 1 amide bonds. The van der Waals surface area contributed by atoms with Gasteiger partial charge in [0.1, 0.15) is 5.60 Å². The number of rotatable bonds is 3. The third-order valence-electron chi connectivity index (χ3n) is 3.39. The molecule has 0 aliphatic carbocycles. The summed E-state index contributed by atoms with van der Waals surface area (Å²) in [4.78, 5) is 14.2. The van der Waals surface area contributed by atoms with Gasteiger partial charge in [0, 0.05) is 18.6 Å². The Hall–Kier alpha value is -0.770. The van der Waals surface area contributed by atoms with Gasteiger partial charge in [-0.1, -0.05) is 6.92 Å². The SMILES string of the molecule is CCC(C)N1CCCC(NC(=O)OC(C)(C)C)C1. The molecular formula is C14H28N2O2. The summed E-state index contributed by atoms with van der Waals surface area (Å²) >= 11 is 0. The summed E-state index contributed by atoms with van der Waals surface area (Å²) in [6, 6.07) is 0.816. The first-order valence-electron chi connectivity index (χ1n) is 7.05. The molecule has 0 saturated carbocycles. The highest BCUT2D eigenvalue weighted by Crippen LogP contribution is 2.15. The molecule has 1 saturated heterocycles. The smallest absolute Gasteiger partial charge is 0.407 e. The van der Waals surface area contributed by atoms with Crippen LogP contribution in [0.1, 0.15) is 53.9 Å². The average Bonchev–Trinajstić information content (AvgIpc) is 2.25. The molecule has 1 aliphatic rings. The minimum absolute atomic E-state index is 0.225. The Kier molecular flexibility index (Phi) is 5.45. The van der Waals surface area contributed by atoms with E-state index in [0.29, 0.717) is 6.04 Å². The van der Waals surface area contributed by atoms with Crippen molar-refractivity contribution in [2.75, 3.05) is 13.1 Å². The van der Waals surface area contributed by atoms with Gasteiger partial charge in [0.05, 0.1) is 0 Å². The Morgan fingerprint density at radius 2 is 2.17 bits per heavy atom. The molecule has 2 atom stereocenters. The number of carbonyl (C=O) groups excluding carboxylic acids is 1. The highest BCUT2D eigenvalue weighted by molar-refractivity contribution is 5.68. The number of hydrogen-bond acceptors (Lipinski definition) is 3. The standard InChI is InChI=1S/C14H28N2O2/c1-6-11(2)16-9-7-8-12(10-16)15-13(17)18-14(3,4)5/h11-12H,6-10H2,1-5H3,(H,15,17). The van der Waals surface area contributed by atoms with Crippen LogP contribution in [0.15, 0.2) is 0 Å². The number of nitrogens with zero attached hydrogens (tertiary/aromatic N) is 1. The quantitative estimate of drug-likeness (QED) is 0.844. The Morgan fingerprint density at radius 3 is 2.72 bits per heavy atom. The number of ether oxygens (including phenoxy) is 1. The molecule has 1 fully saturated rings. The summed E-state index contributed by atoms with van der Waals surface area (Å²) in [5.41, 5.74) is -0.421. The van der Waals surface area contributed by atoms with E-state index in [4.69, 9.17) is 4.74 Å². The lowest BCUT2D eigenvalue weighted by molar-refractivity contribution is 0.0457. The molecule has 4 heteroatoms. The number of nitrogens with one attached hydrogen (secondary N) is 1. The second-order valence-corrected chi connectivity index (χ2v) is 6.24. The first-order chi connectivity index (χ1) is 8.31. The van der Waals surface area contributed by atoms with Crippen molar-refractivity contribution in [2.24, 2.45) is 0 Å². The maximum Gasteiger partial charge on any atom is 0.407 e. The maximum atomic E-state index is 11.7. The van der Waals surface area contributed by atoms with E-state index in [9.17, 15) is 4.79 Å². The second-order valence-electron chi connectivity index (χ2n) is 6.24. The third kappa shape index (κ3) is 5.25. The van der Waals surface area contributed by atoms with Gasteiger partial charge >= 0.3 is 6.09 Å². The van der Waals surface area contributed by atoms with E-state index < -0.39 is 5.60 Å². The van der Waals surface area contributed by atoms with Gasteiger partial charge in [-0.05, 0) is 53.5 Å². The molecule has 0 bridgehead atoms. The first kappa shape index (κ1) is 15.3. The van der Waals surface area contributed by atoms with E-state index in [1.807, 2.05) is 20.8 Å². The third-order valence-corrected chi connectivity index (χ3v) is 3.39. The summed E-state index contributed by atoms with van der Waals surface area (Å²) < 4.78 is 5.29. The fourth-order valence-corrected chi connectivity index (χ4v) is 2.26. The van der Waals surface area contributed by atoms with Crippen LogP contribution in [0.3, 0.4) is 0 Å². The normalized spacial score (nSPS) is 23.5. The zero-order valence-electron chi connectivity index (χ0n) is 12.5. The minimum atomic E-state index is -0.421. The van der Waals surface area contributed by atoms with Crippen molar-refractivity contribution in [1.82, 2.24) is 10.2 Å². The van der Waals surface area contributed by atoms with Gasteiger partial charge < -0.3 is 10.1 Å². The number of carbonyl (C=O) groups is 1. The van der Waals surface area contributed by atoms with Gasteiger partial charge in [-0.15, -0.1) is 0 Å². The van der Waals surface area contributed by atoms with E-state index in [-0.39, 0.29) is 12.1 Å². The van der Waals surface area contributed by atoms with E-state index >= 15 is 0 Å². The van der Waals surface area contributed by atoms with Crippen molar-refractivity contribution >= 4 is 6.09 Å². The lowest BCUT2D eigenvalue weighted by Gasteiger charge is -2.36. The van der Waals surface area contributed by atoms with Crippen molar-refractivity contribution in [1.29, 1.82) is 0 Å². The van der Waals surface area contributed by atoms with Gasteiger partial charge in [-0.25, -0.2) is 4.79 Å². The summed E-state index contributed by atoms with van der Waals surface area (Å²) in [7, 11) is 0. The van der Waals surface area contributed by atoms with Gasteiger partial charge in [0.25, 0.3) is 0 Å². The van der Waals surface area contributed by atoms with Crippen molar-refractivity contribution in [3.8, 4) is 0 Å². The van der Waals surface area contributed by atoms with Gasteiger partial charge in [0.2, 0.25) is 0 Å². The molecule has 0 spiro atoms. The largest absolute Gasteiger partial charge is 0.444 e. The molecule has 1 aliphatic heterocycles. The Labute approximate surface area is 111 Å². The van der Waals surface area contributed by atoms with Crippen LogP contribution in [0.4, 0.5) is 4.79 Å². The van der Waals surface area contributed by atoms with Crippen LogP contribution in [0.25, 0.3) is 0 Å². The van der Waals surface area contributed by atoms with Crippen LogP contribution in [0.5, 0.6) is 0 Å². The predicted octanol–water partition coefficient (Wildman–Crippen LogP) is 2.77. The summed E-state index contributed by atoms with van der Waals surface area (Å²) in [6.45, 7) is 12.2. The average molecular weight is 256 g/mol. The molecule has 0 radical (unpaired) electrons. The first-order valence-corrected chi connectivity index (χ1v) is 7.05. The van der Waals surface area contributed by atoms with E-state index in [1.165, 1.54) is 0 Å². The topological polar surface area (TPSA) is 41.6 Å². The van der Waals surface area contributed by atoms with Gasteiger partial charge in [0.15, 0.2) is 0 Å². The molecule has 106 valence electrons. The fourth-order valence-electron chi connectivity index (χ4n) is 2.26. The molecule has 18 heavy (non-hydrogen) atoms. The fraction of sp³-hybridized carbons (Fsp3) is 0.929. The van der Waals surface area contributed by atoms with Crippen LogP contribution >= 0.6 is 0 Å². The van der Waals surface area contributed by atoms with Crippen LogP contribution < -0.4 is 5.32 Å². The highest BCUT2D eigenvalue weighted by atomic mass is 16.6. The Bertz CT molecular complexity index is 273. The summed E-state index contributed by atoms with van der Waals surface area (Å²) in [5.74, 6) is 0. The van der Waals surface area contributed by atoms with E-state index in [1.54, 1.807) is 0 Å². The highest BCUT2D eigenvalue weighted by Gasteiger charge is 2.25. The number of amides is 1. The molecule has 0 aromatic carbocycles. The van der Waals surface area contributed by atoms with Crippen LogP contribution in [-0.2, 0) is 4.74 Å². The van der Waals surface area contributed by atoms with Gasteiger partial charge in [-0.3, -0.25) is 4.90 Å². The number of piperidine rings is 1. The zero-order valence-corrected chi connectivity index (χ0v) is 12.5. The Balaban J connectivity index is 2.40. The Morgan fingerprint density at radius 1 is 1.50 bits per heavy atom. The molecule has 0 aromatic heterocycles. The molecular weight excluding hydrogens is 228 g/mol. The zero-order chi connectivity index (χ0) is 13.8. The van der Waals surface area contributed by atoms with E-state index in [0.717, 1.165) is 32.4 Å². The molecule has 1 rings (SSSR count). The number of hydrogen-bond donors (Lipinski definition) is 1. The van der Waals surface area contributed by atoms with Crippen LogP contribution in [-0.4, -0.2) is 41.8 Å². The van der Waals surface area contributed by atoms with E-state index in [2.05, 4.69) is 24.1 Å². The summed E-state index contributed by atoms with van der Waals surface area (Å²) in [5, 5.41) is 2.98. The molecule has 0 aromatic rings. The number of alkyl carbamates (subject to hydrolysis) is 1. The maximum absolute atomic E-state index is 11.7. The van der Waals surface area contributed by atoms with Gasteiger partial charge in [-0.2, -0.15) is 0 Å². The molecule has 2 unspecified atom stereocenters. The predicted molar refractivity (Wildman–Crippen MR) is 73.7 cm³/mol. The van der Waals surface area contributed by atoms with Crippen molar-refractivity contribution in [3.05, 3.63) is 0 Å². The van der Waals surface area contributed by atoms with Crippen molar-refractivity contribution in [2.45, 2.75) is 71.6 Å². The molecule has 4 nitrogen and oxygen atoms in total. The van der Waals surface area contributed by atoms with Crippen molar-refractivity contribution in [3.63, 3.8) is 0 Å². The lowest BCUT2D eigenvalue weighted by Crippen LogP contribution is -2.51.